The number of halogens is 1. The highest BCUT2D eigenvalue weighted by molar-refractivity contribution is 5.45. The topological polar surface area (TPSA) is 30.5 Å². The van der Waals surface area contributed by atoms with Crippen molar-refractivity contribution in [2.45, 2.75) is 20.4 Å². The summed E-state index contributed by atoms with van der Waals surface area (Å²) in [5.74, 6) is 0.988. The lowest BCUT2D eigenvalue weighted by molar-refractivity contribution is 0.318. The molecular weight excluding hydrogens is 269 g/mol. The third-order valence-electron chi connectivity index (χ3n) is 2.97. The van der Waals surface area contributed by atoms with Crippen LogP contribution in [-0.2, 0) is 6.54 Å². The molecule has 2 aromatic carbocycles. The molecule has 0 aliphatic carbocycles. The van der Waals surface area contributed by atoms with Crippen LogP contribution in [0.25, 0.3) is 0 Å². The van der Waals surface area contributed by atoms with E-state index in [1.54, 1.807) is 12.1 Å². The predicted octanol–water partition coefficient (Wildman–Crippen LogP) is 4.13. The van der Waals surface area contributed by atoms with Gasteiger partial charge >= 0.3 is 0 Å². The Balaban J connectivity index is 2.30. The van der Waals surface area contributed by atoms with E-state index >= 15 is 0 Å². The summed E-state index contributed by atoms with van der Waals surface area (Å²) >= 11 is 0. The Morgan fingerprint density at radius 3 is 2.48 bits per heavy atom. The molecule has 2 rings (SSSR count). The maximum atomic E-state index is 14.1. The molecule has 0 aromatic heterocycles. The fourth-order valence-electron chi connectivity index (χ4n) is 1.99. The van der Waals surface area contributed by atoms with E-state index in [-0.39, 0.29) is 11.6 Å². The Morgan fingerprint density at radius 1 is 1.00 bits per heavy atom. The van der Waals surface area contributed by atoms with Gasteiger partial charge in [0.25, 0.3) is 0 Å². The number of benzene rings is 2. The summed E-state index contributed by atoms with van der Waals surface area (Å²) in [6.07, 6.45) is 0. The van der Waals surface area contributed by atoms with Gasteiger partial charge < -0.3 is 14.8 Å². The first-order valence-electron chi connectivity index (χ1n) is 7.14. The zero-order valence-electron chi connectivity index (χ0n) is 12.4. The van der Waals surface area contributed by atoms with Gasteiger partial charge in [-0.3, -0.25) is 0 Å². The van der Waals surface area contributed by atoms with Crippen LogP contribution in [0.3, 0.4) is 0 Å². The van der Waals surface area contributed by atoms with Crippen LogP contribution in [-0.4, -0.2) is 13.2 Å². The lowest BCUT2D eigenvalue weighted by Gasteiger charge is -2.15. The van der Waals surface area contributed by atoms with Crippen LogP contribution in [0.5, 0.6) is 17.2 Å². The van der Waals surface area contributed by atoms with Crippen molar-refractivity contribution in [3.63, 3.8) is 0 Å². The van der Waals surface area contributed by atoms with E-state index in [0.717, 1.165) is 12.1 Å². The standard InChI is InChI=1S/C17H20FNO2/c1-3-19-12-13-8-7-9-14(18)17(13)21-16-11-6-5-10-15(16)20-4-2/h5-11,19H,3-4,12H2,1-2H3. The largest absolute Gasteiger partial charge is 0.490 e. The normalized spacial score (nSPS) is 10.4. The predicted molar refractivity (Wildman–Crippen MR) is 81.5 cm³/mol. The Kier molecular flexibility index (Phi) is 5.58. The van der Waals surface area contributed by atoms with Crippen molar-refractivity contribution in [3.05, 3.63) is 53.8 Å². The SMILES string of the molecule is CCNCc1cccc(F)c1Oc1ccccc1OCC. The highest BCUT2D eigenvalue weighted by atomic mass is 19.1. The van der Waals surface area contributed by atoms with Crippen molar-refractivity contribution < 1.29 is 13.9 Å². The number of para-hydroxylation sites is 3. The number of rotatable bonds is 7. The summed E-state index contributed by atoms with van der Waals surface area (Å²) in [7, 11) is 0. The van der Waals surface area contributed by atoms with Crippen molar-refractivity contribution in [1.82, 2.24) is 5.32 Å². The Bertz CT molecular complexity index is 587. The maximum absolute atomic E-state index is 14.1. The third-order valence-corrected chi connectivity index (χ3v) is 2.97. The van der Waals surface area contributed by atoms with Gasteiger partial charge in [0, 0.05) is 12.1 Å². The van der Waals surface area contributed by atoms with Gasteiger partial charge in [-0.2, -0.15) is 0 Å². The van der Waals surface area contributed by atoms with Crippen molar-refractivity contribution in [2.75, 3.05) is 13.2 Å². The summed E-state index contributed by atoms with van der Waals surface area (Å²) in [6.45, 7) is 5.80. The summed E-state index contributed by atoms with van der Waals surface area (Å²) in [5, 5.41) is 3.18. The zero-order chi connectivity index (χ0) is 15.1. The highest BCUT2D eigenvalue weighted by Gasteiger charge is 2.13. The van der Waals surface area contributed by atoms with E-state index in [1.165, 1.54) is 6.07 Å². The van der Waals surface area contributed by atoms with Crippen LogP contribution in [0.15, 0.2) is 42.5 Å². The van der Waals surface area contributed by atoms with Gasteiger partial charge in [-0.05, 0) is 31.7 Å². The number of hydrogen-bond donors (Lipinski definition) is 1. The molecule has 4 heteroatoms. The lowest BCUT2D eigenvalue weighted by Crippen LogP contribution is -2.13. The molecule has 0 fully saturated rings. The van der Waals surface area contributed by atoms with Crippen LogP contribution in [0.2, 0.25) is 0 Å². The van der Waals surface area contributed by atoms with E-state index in [9.17, 15) is 4.39 Å². The summed E-state index contributed by atoms with van der Waals surface area (Å²) in [5.41, 5.74) is 0.781. The fourth-order valence-corrected chi connectivity index (χ4v) is 1.99. The summed E-state index contributed by atoms with van der Waals surface area (Å²) < 4.78 is 25.4. The van der Waals surface area contributed by atoms with Gasteiger partial charge in [0.05, 0.1) is 6.61 Å². The van der Waals surface area contributed by atoms with E-state index in [4.69, 9.17) is 9.47 Å². The molecule has 0 aliphatic heterocycles. The molecule has 0 aliphatic rings. The third kappa shape index (κ3) is 3.95. The molecule has 1 N–H and O–H groups in total. The first-order chi connectivity index (χ1) is 10.3. The molecule has 21 heavy (non-hydrogen) atoms. The molecule has 0 atom stereocenters. The monoisotopic (exact) mass is 289 g/mol. The highest BCUT2D eigenvalue weighted by Crippen LogP contribution is 2.34. The molecule has 2 aromatic rings. The van der Waals surface area contributed by atoms with Crippen molar-refractivity contribution >= 4 is 0 Å². The second-order valence-corrected chi connectivity index (χ2v) is 4.49. The van der Waals surface area contributed by atoms with Gasteiger partial charge in [-0.25, -0.2) is 4.39 Å². The zero-order valence-corrected chi connectivity index (χ0v) is 12.4. The van der Waals surface area contributed by atoms with Crippen LogP contribution in [0.1, 0.15) is 19.4 Å². The van der Waals surface area contributed by atoms with Crippen molar-refractivity contribution in [2.24, 2.45) is 0 Å². The van der Waals surface area contributed by atoms with Crippen molar-refractivity contribution in [1.29, 1.82) is 0 Å². The number of nitrogens with one attached hydrogen (secondary N) is 1. The number of hydrogen-bond acceptors (Lipinski definition) is 3. The number of ether oxygens (including phenoxy) is 2. The van der Waals surface area contributed by atoms with Crippen molar-refractivity contribution in [3.8, 4) is 17.2 Å². The summed E-state index contributed by atoms with van der Waals surface area (Å²) in [6, 6.07) is 12.2. The molecule has 112 valence electrons. The first kappa shape index (κ1) is 15.3. The molecule has 0 heterocycles. The lowest BCUT2D eigenvalue weighted by atomic mass is 10.2. The minimum Gasteiger partial charge on any atom is -0.490 e. The average Bonchev–Trinajstić information content (AvgIpc) is 2.50. The van der Waals surface area contributed by atoms with Gasteiger partial charge in [-0.1, -0.05) is 31.2 Å². The van der Waals surface area contributed by atoms with Crippen LogP contribution in [0, 0.1) is 5.82 Å². The second kappa shape index (κ2) is 7.64. The molecule has 0 spiro atoms. The minimum atomic E-state index is -0.378. The van der Waals surface area contributed by atoms with Gasteiger partial charge in [0.2, 0.25) is 0 Å². The Labute approximate surface area is 124 Å². The molecule has 0 saturated carbocycles. The summed E-state index contributed by atoms with van der Waals surface area (Å²) in [4.78, 5) is 0. The molecule has 0 amide bonds. The van der Waals surface area contributed by atoms with E-state index in [0.29, 0.717) is 24.7 Å². The van der Waals surface area contributed by atoms with Gasteiger partial charge in [0.1, 0.15) is 0 Å². The molecule has 0 saturated heterocycles. The van der Waals surface area contributed by atoms with E-state index < -0.39 is 0 Å². The smallest absolute Gasteiger partial charge is 0.169 e. The van der Waals surface area contributed by atoms with Gasteiger partial charge in [-0.15, -0.1) is 0 Å². The molecular formula is C17H20FNO2. The minimum absolute atomic E-state index is 0.241. The first-order valence-corrected chi connectivity index (χ1v) is 7.14. The van der Waals surface area contributed by atoms with Crippen LogP contribution >= 0.6 is 0 Å². The average molecular weight is 289 g/mol. The maximum Gasteiger partial charge on any atom is 0.169 e. The Morgan fingerprint density at radius 2 is 1.76 bits per heavy atom. The van der Waals surface area contributed by atoms with E-state index in [1.807, 2.05) is 38.1 Å². The molecule has 0 bridgehead atoms. The fraction of sp³-hybridized carbons (Fsp3) is 0.294. The molecule has 0 unspecified atom stereocenters. The molecule has 0 radical (unpaired) electrons. The molecule has 3 nitrogen and oxygen atoms in total. The second-order valence-electron chi connectivity index (χ2n) is 4.49. The quantitative estimate of drug-likeness (QED) is 0.831. The van der Waals surface area contributed by atoms with E-state index in [2.05, 4.69) is 5.32 Å². The Hall–Kier alpha value is -2.07. The van der Waals surface area contributed by atoms with Crippen LogP contribution in [0.4, 0.5) is 4.39 Å². The van der Waals surface area contributed by atoms with Crippen LogP contribution < -0.4 is 14.8 Å². The van der Waals surface area contributed by atoms with Gasteiger partial charge in [0.15, 0.2) is 23.1 Å².